The molecule has 0 saturated carbocycles. The van der Waals surface area contributed by atoms with Crippen LogP contribution in [0.3, 0.4) is 0 Å². The molecule has 1 heterocycles. The van der Waals surface area contributed by atoms with E-state index in [4.69, 9.17) is 4.74 Å². The van der Waals surface area contributed by atoms with Crippen LogP contribution >= 0.6 is 0 Å². The van der Waals surface area contributed by atoms with Crippen molar-refractivity contribution in [2.75, 3.05) is 27.2 Å². The van der Waals surface area contributed by atoms with Crippen LogP contribution in [0.15, 0.2) is 23.0 Å². The van der Waals surface area contributed by atoms with E-state index in [9.17, 15) is 14.7 Å². The van der Waals surface area contributed by atoms with E-state index in [1.807, 2.05) is 43.5 Å². The molecule has 0 atom stereocenters. The van der Waals surface area contributed by atoms with E-state index in [1.165, 1.54) is 0 Å². The molecule has 2 rings (SSSR count). The average molecular weight is 332 g/mol. The van der Waals surface area contributed by atoms with Crippen molar-refractivity contribution >= 4 is 16.9 Å². The Morgan fingerprint density at radius 3 is 2.54 bits per heavy atom. The summed E-state index contributed by atoms with van der Waals surface area (Å²) < 4.78 is 7.75. The highest BCUT2D eigenvalue weighted by atomic mass is 16.5. The first-order valence-corrected chi connectivity index (χ1v) is 7.94. The van der Waals surface area contributed by atoms with Crippen LogP contribution in [0, 0.1) is 6.92 Å². The van der Waals surface area contributed by atoms with E-state index in [2.05, 4.69) is 0 Å². The molecule has 0 radical (unpaired) electrons. The maximum absolute atomic E-state index is 12.6. The van der Waals surface area contributed by atoms with E-state index in [-0.39, 0.29) is 11.6 Å². The zero-order chi connectivity index (χ0) is 18.0. The standard InChI is InChI=1S/C18H24N2O4/c1-11(2)20-12(3)15(18(22)23)17(21)13-7-6-8-14(16(13)20)24-10-9-19(4)5/h6-8,11H,9-10H2,1-5H3,(H,22,23). The van der Waals surface area contributed by atoms with Crippen molar-refractivity contribution in [1.29, 1.82) is 0 Å². The van der Waals surface area contributed by atoms with E-state index < -0.39 is 11.4 Å². The molecular formula is C18H24N2O4. The summed E-state index contributed by atoms with van der Waals surface area (Å²) in [4.78, 5) is 26.2. The summed E-state index contributed by atoms with van der Waals surface area (Å²) in [6.45, 7) is 6.81. The predicted octanol–water partition coefficient (Wildman–Crippen LogP) is 2.53. The number of para-hydroxylation sites is 1. The number of hydrogen-bond donors (Lipinski definition) is 1. The highest BCUT2D eigenvalue weighted by Gasteiger charge is 2.22. The number of ether oxygens (including phenoxy) is 1. The van der Waals surface area contributed by atoms with Crippen molar-refractivity contribution < 1.29 is 14.6 Å². The zero-order valence-corrected chi connectivity index (χ0v) is 14.8. The van der Waals surface area contributed by atoms with Crippen LogP contribution in [-0.4, -0.2) is 47.8 Å². The molecule has 0 aliphatic carbocycles. The maximum atomic E-state index is 12.6. The second-order valence-corrected chi connectivity index (χ2v) is 6.36. The maximum Gasteiger partial charge on any atom is 0.341 e. The number of rotatable bonds is 6. The van der Waals surface area contributed by atoms with E-state index in [0.717, 1.165) is 6.54 Å². The van der Waals surface area contributed by atoms with Crippen LogP contribution in [0.5, 0.6) is 5.75 Å². The highest BCUT2D eigenvalue weighted by Crippen LogP contribution is 2.29. The van der Waals surface area contributed by atoms with Gasteiger partial charge in [0.15, 0.2) is 0 Å². The van der Waals surface area contributed by atoms with Gasteiger partial charge in [0.25, 0.3) is 0 Å². The Bertz CT molecular complexity index is 822. The minimum Gasteiger partial charge on any atom is -0.490 e. The Hall–Kier alpha value is -2.34. The second-order valence-electron chi connectivity index (χ2n) is 6.36. The van der Waals surface area contributed by atoms with Crippen molar-refractivity contribution in [3.63, 3.8) is 0 Å². The monoisotopic (exact) mass is 332 g/mol. The molecule has 2 aromatic rings. The lowest BCUT2D eigenvalue weighted by molar-refractivity contribution is 0.0693. The molecule has 130 valence electrons. The van der Waals surface area contributed by atoms with Gasteiger partial charge in [-0.15, -0.1) is 0 Å². The Morgan fingerprint density at radius 1 is 1.33 bits per heavy atom. The van der Waals surface area contributed by atoms with Gasteiger partial charge in [-0.25, -0.2) is 4.79 Å². The number of fused-ring (bicyclic) bond motifs is 1. The SMILES string of the molecule is Cc1c(C(=O)O)c(=O)c2cccc(OCCN(C)C)c2n1C(C)C. The summed E-state index contributed by atoms with van der Waals surface area (Å²) in [5.74, 6) is -0.604. The Kier molecular flexibility index (Phi) is 5.29. The highest BCUT2D eigenvalue weighted by molar-refractivity contribution is 5.95. The molecule has 0 fully saturated rings. The number of aromatic carboxylic acids is 1. The van der Waals surface area contributed by atoms with Crippen molar-refractivity contribution in [2.24, 2.45) is 0 Å². The van der Waals surface area contributed by atoms with Gasteiger partial charge in [-0.1, -0.05) is 6.07 Å². The van der Waals surface area contributed by atoms with Gasteiger partial charge in [-0.3, -0.25) is 4.79 Å². The summed E-state index contributed by atoms with van der Waals surface area (Å²) in [6.07, 6.45) is 0. The first kappa shape index (κ1) is 18.0. The largest absolute Gasteiger partial charge is 0.490 e. The third-order valence-corrected chi connectivity index (χ3v) is 3.96. The number of pyridine rings is 1. The number of benzene rings is 1. The Balaban J connectivity index is 2.75. The minimum absolute atomic E-state index is 0.00945. The Morgan fingerprint density at radius 2 is 2.00 bits per heavy atom. The zero-order valence-electron chi connectivity index (χ0n) is 14.8. The molecule has 1 aromatic heterocycles. The van der Waals surface area contributed by atoms with Gasteiger partial charge in [0.05, 0.1) is 10.9 Å². The van der Waals surface area contributed by atoms with Crippen LogP contribution in [0.2, 0.25) is 0 Å². The molecule has 24 heavy (non-hydrogen) atoms. The molecule has 0 bridgehead atoms. The number of carboxylic acids is 1. The minimum atomic E-state index is -1.20. The first-order chi connectivity index (χ1) is 11.3. The van der Waals surface area contributed by atoms with Gasteiger partial charge in [0.2, 0.25) is 5.43 Å². The van der Waals surface area contributed by atoms with Crippen LogP contribution < -0.4 is 10.2 Å². The number of carbonyl (C=O) groups is 1. The molecule has 0 unspecified atom stereocenters. The van der Waals surface area contributed by atoms with Crippen LogP contribution in [-0.2, 0) is 0 Å². The summed E-state index contributed by atoms with van der Waals surface area (Å²) in [6, 6.07) is 5.18. The molecule has 6 nitrogen and oxygen atoms in total. The molecule has 0 aliphatic heterocycles. The van der Waals surface area contributed by atoms with Gasteiger partial charge in [-0.05, 0) is 47.0 Å². The van der Waals surface area contributed by atoms with Crippen molar-refractivity contribution in [3.8, 4) is 5.75 Å². The predicted molar refractivity (Wildman–Crippen MR) is 94.3 cm³/mol. The first-order valence-electron chi connectivity index (χ1n) is 7.94. The Labute approximate surface area is 141 Å². The molecular weight excluding hydrogens is 308 g/mol. The number of aromatic nitrogens is 1. The van der Waals surface area contributed by atoms with Gasteiger partial charge in [0.1, 0.15) is 17.9 Å². The summed E-state index contributed by atoms with van der Waals surface area (Å²) in [7, 11) is 3.92. The lowest BCUT2D eigenvalue weighted by atomic mass is 10.1. The smallest absolute Gasteiger partial charge is 0.341 e. The average Bonchev–Trinajstić information content (AvgIpc) is 2.46. The lowest BCUT2D eigenvalue weighted by Crippen LogP contribution is -2.24. The van der Waals surface area contributed by atoms with Crippen molar-refractivity contribution in [1.82, 2.24) is 9.47 Å². The molecule has 0 spiro atoms. The van der Waals surface area contributed by atoms with Crippen LogP contribution in [0.25, 0.3) is 10.9 Å². The number of hydrogen-bond acceptors (Lipinski definition) is 4. The van der Waals surface area contributed by atoms with Crippen molar-refractivity contribution in [3.05, 3.63) is 39.7 Å². The fraction of sp³-hybridized carbons (Fsp3) is 0.444. The molecule has 0 amide bonds. The topological polar surface area (TPSA) is 71.8 Å². The van der Waals surface area contributed by atoms with E-state index in [0.29, 0.717) is 29.0 Å². The fourth-order valence-corrected chi connectivity index (χ4v) is 2.89. The van der Waals surface area contributed by atoms with Crippen LogP contribution in [0.4, 0.5) is 0 Å². The van der Waals surface area contributed by atoms with E-state index in [1.54, 1.807) is 19.1 Å². The normalized spacial score (nSPS) is 11.5. The number of likely N-dealkylation sites (N-methyl/N-ethyl adjacent to an activating group) is 1. The molecule has 6 heteroatoms. The lowest BCUT2D eigenvalue weighted by Gasteiger charge is -2.22. The molecule has 0 aliphatic rings. The molecule has 1 aromatic carbocycles. The van der Waals surface area contributed by atoms with Gasteiger partial charge < -0.3 is 19.3 Å². The van der Waals surface area contributed by atoms with Gasteiger partial charge in [-0.2, -0.15) is 0 Å². The van der Waals surface area contributed by atoms with Gasteiger partial charge >= 0.3 is 5.97 Å². The van der Waals surface area contributed by atoms with Crippen molar-refractivity contribution in [2.45, 2.75) is 26.8 Å². The third kappa shape index (κ3) is 3.28. The number of nitrogens with zero attached hydrogens (tertiary/aromatic N) is 2. The molecule has 0 saturated heterocycles. The van der Waals surface area contributed by atoms with Crippen LogP contribution in [0.1, 0.15) is 35.9 Å². The second kappa shape index (κ2) is 7.05. The summed E-state index contributed by atoms with van der Waals surface area (Å²) in [5, 5.41) is 9.80. The van der Waals surface area contributed by atoms with E-state index >= 15 is 0 Å². The van der Waals surface area contributed by atoms with Gasteiger partial charge in [0, 0.05) is 18.3 Å². The summed E-state index contributed by atoms with van der Waals surface area (Å²) >= 11 is 0. The third-order valence-electron chi connectivity index (χ3n) is 3.96. The quantitative estimate of drug-likeness (QED) is 0.880. The fourth-order valence-electron chi connectivity index (χ4n) is 2.89. The summed E-state index contributed by atoms with van der Waals surface area (Å²) in [5.41, 5.74) is 0.448. The molecule has 1 N–H and O–H groups in total. The number of carboxylic acid groups (broad SMARTS) is 1.